The molecule has 0 aliphatic rings. The van der Waals surface area contributed by atoms with Crippen molar-refractivity contribution in [2.75, 3.05) is 0 Å². The molecule has 0 aliphatic carbocycles. The third kappa shape index (κ3) is 2.78. The summed E-state index contributed by atoms with van der Waals surface area (Å²) in [5.74, 6) is 0. The van der Waals surface area contributed by atoms with E-state index in [2.05, 4.69) is 15.1 Å². The van der Waals surface area contributed by atoms with E-state index in [0.717, 1.165) is 22.4 Å². The number of nitrogens with zero attached hydrogens (tertiary/aromatic N) is 4. The Labute approximate surface area is 97.7 Å². The van der Waals surface area contributed by atoms with E-state index in [-0.39, 0.29) is 0 Å². The average molecular weight is 222 g/mol. The third-order valence-electron chi connectivity index (χ3n) is 1.99. The quantitative estimate of drug-likeness (QED) is 0.688. The van der Waals surface area contributed by atoms with Crippen molar-refractivity contribution in [2.24, 2.45) is 7.05 Å². The van der Waals surface area contributed by atoms with Gasteiger partial charge in [-0.25, -0.2) is 9.97 Å². The zero-order valence-corrected chi connectivity index (χ0v) is 11.4. The van der Waals surface area contributed by atoms with Gasteiger partial charge < -0.3 is 0 Å². The normalized spacial score (nSPS) is 8.94. The van der Waals surface area contributed by atoms with Crippen LogP contribution in [0, 0.1) is 13.8 Å². The van der Waals surface area contributed by atoms with E-state index in [4.69, 9.17) is 0 Å². The first kappa shape index (κ1) is 14.6. The van der Waals surface area contributed by atoms with E-state index >= 15 is 0 Å². The lowest BCUT2D eigenvalue weighted by molar-refractivity contribution is 0.773. The SMILES string of the molecule is CC.CC.Cc1ncnc2c1c(C)nn2C. The van der Waals surface area contributed by atoms with Crippen LogP contribution in [0.2, 0.25) is 0 Å². The predicted molar refractivity (Wildman–Crippen MR) is 68.5 cm³/mol. The van der Waals surface area contributed by atoms with Gasteiger partial charge in [0.2, 0.25) is 0 Å². The molecular weight excluding hydrogens is 200 g/mol. The molecule has 4 heteroatoms. The van der Waals surface area contributed by atoms with Gasteiger partial charge in [-0.1, -0.05) is 27.7 Å². The molecule has 0 aromatic carbocycles. The van der Waals surface area contributed by atoms with Gasteiger partial charge in [-0.15, -0.1) is 0 Å². The first-order chi connectivity index (χ1) is 7.70. The van der Waals surface area contributed by atoms with E-state index < -0.39 is 0 Å². The number of hydrogen-bond donors (Lipinski definition) is 0. The lowest BCUT2D eigenvalue weighted by Crippen LogP contribution is -1.92. The molecule has 0 saturated carbocycles. The summed E-state index contributed by atoms with van der Waals surface area (Å²) >= 11 is 0. The highest BCUT2D eigenvalue weighted by Crippen LogP contribution is 2.16. The van der Waals surface area contributed by atoms with Crippen LogP contribution in [0.4, 0.5) is 0 Å². The maximum absolute atomic E-state index is 4.27. The summed E-state index contributed by atoms with van der Waals surface area (Å²) in [6, 6.07) is 0. The second kappa shape index (κ2) is 6.93. The Hall–Kier alpha value is -1.45. The molecule has 2 aromatic rings. The monoisotopic (exact) mass is 222 g/mol. The molecule has 0 aliphatic heterocycles. The van der Waals surface area contributed by atoms with Gasteiger partial charge in [0.05, 0.1) is 16.8 Å². The Morgan fingerprint density at radius 2 is 1.50 bits per heavy atom. The zero-order valence-electron chi connectivity index (χ0n) is 11.4. The van der Waals surface area contributed by atoms with Crippen molar-refractivity contribution in [3.05, 3.63) is 17.7 Å². The molecule has 0 radical (unpaired) electrons. The van der Waals surface area contributed by atoms with Gasteiger partial charge in [-0.05, 0) is 13.8 Å². The van der Waals surface area contributed by atoms with Crippen molar-refractivity contribution < 1.29 is 0 Å². The molecule has 2 rings (SSSR count). The number of aromatic nitrogens is 4. The Morgan fingerprint density at radius 1 is 0.938 bits per heavy atom. The molecule has 2 heterocycles. The zero-order chi connectivity index (χ0) is 12.7. The minimum absolute atomic E-state index is 0.903. The van der Waals surface area contributed by atoms with E-state index in [1.807, 2.05) is 48.6 Å². The summed E-state index contributed by atoms with van der Waals surface area (Å²) in [5, 5.41) is 5.33. The Morgan fingerprint density at radius 3 is 2.00 bits per heavy atom. The second-order valence-corrected chi connectivity index (χ2v) is 2.87. The van der Waals surface area contributed by atoms with Crippen LogP contribution < -0.4 is 0 Å². The smallest absolute Gasteiger partial charge is 0.161 e. The van der Waals surface area contributed by atoms with E-state index in [1.165, 1.54) is 0 Å². The summed E-state index contributed by atoms with van der Waals surface area (Å²) in [6.45, 7) is 11.9. The third-order valence-corrected chi connectivity index (χ3v) is 1.99. The Kier molecular flexibility index (Phi) is 6.30. The van der Waals surface area contributed by atoms with Crippen LogP contribution in [0.25, 0.3) is 11.0 Å². The van der Waals surface area contributed by atoms with E-state index in [9.17, 15) is 0 Å². The highest BCUT2D eigenvalue weighted by Gasteiger charge is 2.07. The molecule has 4 nitrogen and oxygen atoms in total. The lowest BCUT2D eigenvalue weighted by atomic mass is 10.2. The molecule has 90 valence electrons. The van der Waals surface area contributed by atoms with Gasteiger partial charge in [-0.2, -0.15) is 5.10 Å². The van der Waals surface area contributed by atoms with Crippen LogP contribution in [-0.2, 0) is 7.05 Å². The summed E-state index contributed by atoms with van der Waals surface area (Å²) in [4.78, 5) is 8.27. The van der Waals surface area contributed by atoms with Gasteiger partial charge in [0.1, 0.15) is 6.33 Å². The van der Waals surface area contributed by atoms with Crippen LogP contribution in [0.15, 0.2) is 6.33 Å². The first-order valence-corrected chi connectivity index (χ1v) is 5.81. The molecule has 0 N–H and O–H groups in total. The minimum Gasteiger partial charge on any atom is -0.250 e. The lowest BCUT2D eigenvalue weighted by Gasteiger charge is -1.93. The molecule has 0 spiro atoms. The fraction of sp³-hybridized carbons (Fsp3) is 0.583. The molecule has 0 amide bonds. The van der Waals surface area contributed by atoms with Gasteiger partial charge in [0, 0.05) is 7.05 Å². The van der Waals surface area contributed by atoms with Gasteiger partial charge in [0.25, 0.3) is 0 Å². The van der Waals surface area contributed by atoms with Crippen molar-refractivity contribution in [1.82, 2.24) is 19.7 Å². The van der Waals surface area contributed by atoms with Crippen LogP contribution in [-0.4, -0.2) is 19.7 Å². The van der Waals surface area contributed by atoms with Crippen molar-refractivity contribution in [3.8, 4) is 0 Å². The standard InChI is InChI=1S/C8H10N4.2C2H6/c1-5-7-6(2)11-12(3)8(7)10-4-9-5;2*1-2/h4H,1-3H3;2*1-2H3. The van der Waals surface area contributed by atoms with E-state index in [0.29, 0.717) is 0 Å². The van der Waals surface area contributed by atoms with Crippen molar-refractivity contribution >= 4 is 11.0 Å². The molecule has 0 atom stereocenters. The summed E-state index contributed by atoms with van der Waals surface area (Å²) < 4.78 is 1.78. The van der Waals surface area contributed by atoms with Crippen LogP contribution in [0.5, 0.6) is 0 Å². The van der Waals surface area contributed by atoms with Crippen LogP contribution in [0.3, 0.4) is 0 Å². The molecule has 0 fully saturated rings. The van der Waals surface area contributed by atoms with Crippen molar-refractivity contribution in [2.45, 2.75) is 41.5 Å². The Bertz CT molecular complexity index is 432. The van der Waals surface area contributed by atoms with Crippen LogP contribution in [0.1, 0.15) is 39.1 Å². The molecular formula is C12H22N4. The molecule has 0 saturated heterocycles. The average Bonchev–Trinajstić information content (AvgIpc) is 2.61. The molecule has 0 unspecified atom stereocenters. The number of hydrogen-bond acceptors (Lipinski definition) is 3. The summed E-state index contributed by atoms with van der Waals surface area (Å²) in [7, 11) is 1.89. The fourth-order valence-electron chi connectivity index (χ4n) is 1.45. The Balaban J connectivity index is 0.000000509. The van der Waals surface area contributed by atoms with Gasteiger partial charge in [-0.3, -0.25) is 4.68 Å². The molecule has 16 heavy (non-hydrogen) atoms. The van der Waals surface area contributed by atoms with Crippen molar-refractivity contribution in [3.63, 3.8) is 0 Å². The summed E-state index contributed by atoms with van der Waals surface area (Å²) in [6.07, 6.45) is 1.57. The second-order valence-electron chi connectivity index (χ2n) is 2.87. The highest BCUT2D eigenvalue weighted by atomic mass is 15.3. The fourth-order valence-corrected chi connectivity index (χ4v) is 1.45. The number of rotatable bonds is 0. The van der Waals surface area contributed by atoms with Gasteiger partial charge in [0.15, 0.2) is 5.65 Å². The van der Waals surface area contributed by atoms with Crippen molar-refractivity contribution in [1.29, 1.82) is 0 Å². The molecule has 2 aromatic heterocycles. The number of aryl methyl sites for hydroxylation is 3. The minimum atomic E-state index is 0.903. The molecule has 0 bridgehead atoms. The first-order valence-electron chi connectivity index (χ1n) is 5.81. The largest absolute Gasteiger partial charge is 0.250 e. The van der Waals surface area contributed by atoms with Gasteiger partial charge >= 0.3 is 0 Å². The highest BCUT2D eigenvalue weighted by molar-refractivity contribution is 5.80. The van der Waals surface area contributed by atoms with E-state index in [1.54, 1.807) is 11.0 Å². The summed E-state index contributed by atoms with van der Waals surface area (Å²) in [5.41, 5.74) is 2.89. The van der Waals surface area contributed by atoms with Crippen LogP contribution >= 0.6 is 0 Å². The topological polar surface area (TPSA) is 43.6 Å². The predicted octanol–water partition coefficient (Wildman–Crippen LogP) is 3.03. The maximum atomic E-state index is 4.27. The number of fused-ring (bicyclic) bond motifs is 1. The maximum Gasteiger partial charge on any atom is 0.161 e.